The summed E-state index contributed by atoms with van der Waals surface area (Å²) in [6, 6.07) is 0. The zero-order chi connectivity index (χ0) is 47.2. The first-order valence-corrected chi connectivity index (χ1v) is 27.1. The third-order valence-electron chi connectivity index (χ3n) is 11.4. The second kappa shape index (κ2) is 53.2. The molecule has 0 rings (SSSR count). The molecule has 0 aromatic heterocycles. The van der Waals surface area contributed by atoms with E-state index in [1.807, 2.05) is 0 Å². The molecule has 0 aromatic rings. The van der Waals surface area contributed by atoms with Crippen molar-refractivity contribution >= 4 is 17.9 Å². The van der Waals surface area contributed by atoms with Crippen molar-refractivity contribution in [3.05, 3.63) is 85.1 Å². The van der Waals surface area contributed by atoms with Crippen molar-refractivity contribution in [3.8, 4) is 0 Å². The van der Waals surface area contributed by atoms with E-state index in [1.54, 1.807) is 0 Å². The highest BCUT2D eigenvalue weighted by molar-refractivity contribution is 5.71. The lowest BCUT2D eigenvalue weighted by Crippen LogP contribution is -2.30. The van der Waals surface area contributed by atoms with Crippen LogP contribution in [0.1, 0.15) is 252 Å². The molecule has 0 aliphatic carbocycles. The van der Waals surface area contributed by atoms with E-state index in [2.05, 4.69) is 106 Å². The molecule has 0 aliphatic rings. The largest absolute Gasteiger partial charge is 0.462 e. The number of rotatable bonds is 48. The summed E-state index contributed by atoms with van der Waals surface area (Å²) < 4.78 is 16.8. The topological polar surface area (TPSA) is 78.9 Å². The molecule has 0 saturated heterocycles. The van der Waals surface area contributed by atoms with Gasteiger partial charge in [-0.05, 0) is 109 Å². The van der Waals surface area contributed by atoms with Crippen LogP contribution in [0.25, 0.3) is 0 Å². The zero-order valence-corrected chi connectivity index (χ0v) is 42.5. The first-order chi connectivity index (χ1) is 32.0. The van der Waals surface area contributed by atoms with Crippen LogP contribution in [0.2, 0.25) is 0 Å². The minimum Gasteiger partial charge on any atom is -0.462 e. The summed E-state index contributed by atoms with van der Waals surface area (Å²) in [7, 11) is 0. The summed E-state index contributed by atoms with van der Waals surface area (Å²) in [4.78, 5) is 38.1. The second-order valence-electron chi connectivity index (χ2n) is 17.7. The van der Waals surface area contributed by atoms with E-state index < -0.39 is 6.10 Å². The van der Waals surface area contributed by atoms with E-state index in [0.29, 0.717) is 19.3 Å². The van der Waals surface area contributed by atoms with Crippen molar-refractivity contribution in [2.75, 3.05) is 13.2 Å². The van der Waals surface area contributed by atoms with Crippen molar-refractivity contribution in [2.24, 2.45) is 0 Å². The molecule has 6 heteroatoms. The van der Waals surface area contributed by atoms with Crippen molar-refractivity contribution in [1.29, 1.82) is 0 Å². The standard InChI is InChI=1S/C59H100O6/c1-4-7-10-13-16-19-22-25-28-29-32-34-37-40-43-46-49-52-58(61)64-55-56(65-59(62)53-50-47-44-41-38-35-31-27-24-21-18-15-12-9-6-3)54-63-57(60)51-48-45-42-39-36-33-30-26-23-20-17-14-11-8-5-2/h8-9,11-12,17-18,20-21,25-28,30-31,56H,4-7,10,13-16,19,22-24,29,32-55H2,1-3H3/b11-8+,12-9+,20-17+,21-18+,28-25+,30-26+,31-27+/t56-/m1/s1. The van der Waals surface area contributed by atoms with Crippen LogP contribution in [0.5, 0.6) is 0 Å². The van der Waals surface area contributed by atoms with Crippen molar-refractivity contribution in [2.45, 2.75) is 258 Å². The van der Waals surface area contributed by atoms with Crippen molar-refractivity contribution < 1.29 is 28.6 Å². The number of hydrogen-bond acceptors (Lipinski definition) is 6. The van der Waals surface area contributed by atoms with Crippen LogP contribution in [-0.4, -0.2) is 37.2 Å². The van der Waals surface area contributed by atoms with Gasteiger partial charge in [0.2, 0.25) is 0 Å². The van der Waals surface area contributed by atoms with Crippen LogP contribution < -0.4 is 0 Å². The normalized spacial score (nSPS) is 12.7. The van der Waals surface area contributed by atoms with E-state index in [1.165, 1.54) is 77.0 Å². The lowest BCUT2D eigenvalue weighted by molar-refractivity contribution is -0.167. The number of ether oxygens (including phenoxy) is 3. The molecule has 372 valence electrons. The fraction of sp³-hybridized carbons (Fsp3) is 0.712. The van der Waals surface area contributed by atoms with E-state index in [9.17, 15) is 14.4 Å². The highest BCUT2D eigenvalue weighted by Gasteiger charge is 2.19. The highest BCUT2D eigenvalue weighted by Crippen LogP contribution is 2.14. The van der Waals surface area contributed by atoms with Crippen LogP contribution in [0.4, 0.5) is 0 Å². The monoisotopic (exact) mass is 905 g/mol. The van der Waals surface area contributed by atoms with Gasteiger partial charge in [0.15, 0.2) is 6.10 Å². The van der Waals surface area contributed by atoms with Gasteiger partial charge in [0.05, 0.1) is 0 Å². The van der Waals surface area contributed by atoms with Crippen molar-refractivity contribution in [3.63, 3.8) is 0 Å². The van der Waals surface area contributed by atoms with Gasteiger partial charge in [-0.2, -0.15) is 0 Å². The summed E-state index contributed by atoms with van der Waals surface area (Å²) in [6.45, 7) is 6.38. The quantitative estimate of drug-likeness (QED) is 0.0262. The molecule has 0 aliphatic heterocycles. The van der Waals surface area contributed by atoms with Crippen LogP contribution in [0, 0.1) is 0 Å². The third kappa shape index (κ3) is 51.4. The predicted octanol–water partition coefficient (Wildman–Crippen LogP) is 18.0. The maximum atomic E-state index is 12.8. The first kappa shape index (κ1) is 61.6. The van der Waals surface area contributed by atoms with Gasteiger partial charge in [-0.1, -0.05) is 209 Å². The first-order valence-electron chi connectivity index (χ1n) is 27.1. The Morgan fingerprint density at radius 3 is 0.954 bits per heavy atom. The van der Waals surface area contributed by atoms with E-state index >= 15 is 0 Å². The fourth-order valence-corrected chi connectivity index (χ4v) is 7.35. The molecule has 0 saturated carbocycles. The number of esters is 3. The minimum atomic E-state index is -0.795. The second-order valence-corrected chi connectivity index (χ2v) is 17.7. The number of allylic oxidation sites excluding steroid dienone is 14. The maximum Gasteiger partial charge on any atom is 0.306 e. The molecule has 0 spiro atoms. The van der Waals surface area contributed by atoms with Crippen LogP contribution >= 0.6 is 0 Å². The third-order valence-corrected chi connectivity index (χ3v) is 11.4. The Balaban J connectivity index is 4.44. The molecule has 0 bridgehead atoms. The van der Waals surface area contributed by atoms with Gasteiger partial charge >= 0.3 is 17.9 Å². The van der Waals surface area contributed by atoms with Gasteiger partial charge in [-0.15, -0.1) is 0 Å². The van der Waals surface area contributed by atoms with Crippen LogP contribution in [0.15, 0.2) is 85.1 Å². The van der Waals surface area contributed by atoms with Gasteiger partial charge in [-0.3, -0.25) is 14.4 Å². The van der Waals surface area contributed by atoms with Gasteiger partial charge in [0, 0.05) is 19.3 Å². The summed E-state index contributed by atoms with van der Waals surface area (Å²) in [5.41, 5.74) is 0. The number of carbonyl (C=O) groups is 3. The molecular weight excluding hydrogens is 805 g/mol. The fourth-order valence-electron chi connectivity index (χ4n) is 7.35. The maximum absolute atomic E-state index is 12.8. The molecule has 65 heavy (non-hydrogen) atoms. The van der Waals surface area contributed by atoms with E-state index in [0.717, 1.165) is 135 Å². The molecule has 0 unspecified atom stereocenters. The number of unbranched alkanes of at least 4 members (excludes halogenated alkanes) is 23. The lowest BCUT2D eigenvalue weighted by atomic mass is 10.1. The van der Waals surface area contributed by atoms with Gasteiger partial charge < -0.3 is 14.2 Å². The predicted molar refractivity (Wildman–Crippen MR) is 279 cm³/mol. The summed E-state index contributed by atoms with van der Waals surface area (Å²) in [6.07, 6.45) is 68.5. The molecular formula is C59H100O6. The molecule has 0 amide bonds. The van der Waals surface area contributed by atoms with Crippen molar-refractivity contribution in [1.82, 2.24) is 0 Å². The SMILES string of the molecule is CC/C=C/C/C=C/C/C=C/CCCCCCCC(=O)OC[C@H](COC(=O)CCCCCCCCC/C=C/CCCCCCCC)OC(=O)CCCCCCC/C=C/C/C=C/C/C=C/CC. The summed E-state index contributed by atoms with van der Waals surface area (Å²) >= 11 is 0. The van der Waals surface area contributed by atoms with Crippen LogP contribution in [-0.2, 0) is 28.6 Å². The van der Waals surface area contributed by atoms with E-state index in [-0.39, 0.29) is 31.1 Å². The Morgan fingerprint density at radius 2 is 0.600 bits per heavy atom. The molecule has 0 aromatic carbocycles. The lowest BCUT2D eigenvalue weighted by Gasteiger charge is -2.18. The summed E-state index contributed by atoms with van der Waals surface area (Å²) in [5, 5.41) is 0. The average molecular weight is 905 g/mol. The summed E-state index contributed by atoms with van der Waals surface area (Å²) in [5.74, 6) is -0.928. The minimum absolute atomic E-state index is 0.0918. The Bertz CT molecular complexity index is 1270. The number of carbonyl (C=O) groups excluding carboxylic acids is 3. The Labute approximate surface area is 401 Å². The molecule has 0 heterocycles. The van der Waals surface area contributed by atoms with Gasteiger partial charge in [0.25, 0.3) is 0 Å². The molecule has 6 nitrogen and oxygen atoms in total. The average Bonchev–Trinajstić information content (AvgIpc) is 3.30. The van der Waals surface area contributed by atoms with Crippen LogP contribution in [0.3, 0.4) is 0 Å². The van der Waals surface area contributed by atoms with Gasteiger partial charge in [-0.25, -0.2) is 0 Å². The van der Waals surface area contributed by atoms with Gasteiger partial charge in [0.1, 0.15) is 13.2 Å². The Hall–Kier alpha value is -3.41. The Morgan fingerprint density at radius 1 is 0.323 bits per heavy atom. The highest BCUT2D eigenvalue weighted by atomic mass is 16.6. The van der Waals surface area contributed by atoms with E-state index in [4.69, 9.17) is 14.2 Å². The molecule has 0 N–H and O–H groups in total. The molecule has 0 fully saturated rings. The number of hydrogen-bond donors (Lipinski definition) is 0. The molecule has 1 atom stereocenters. The molecule has 0 radical (unpaired) electrons. The smallest absolute Gasteiger partial charge is 0.306 e. The Kier molecular flexibility index (Phi) is 50.4. The zero-order valence-electron chi connectivity index (χ0n) is 42.5.